The summed E-state index contributed by atoms with van der Waals surface area (Å²) in [5, 5.41) is 16.6. The molecular formula is C40H42Cl2F2N14O4. The number of H-pyrrole nitrogens is 2. The van der Waals surface area contributed by atoms with Crippen molar-refractivity contribution >= 4 is 80.4 Å². The molecule has 4 fully saturated rings. The maximum Gasteiger partial charge on any atom is 0.246 e. The SMILES string of the molecule is C=CC(=O)N1CC[C@@H](F)[C@H](Oc2nc(Nc3cnn(C4CC4)c3)nc3[nH]cc(Cl)c23)C1.C=CC(=O)N1CC[C@H](F)[C@@H](Oc2nc(Nc3cnn(C4CC4)c3)nc3[nH]cc(Cl)c23)C1. The standard InChI is InChI=1S/2C20H21ClFN7O2/c2*1-2-16(30)28-6-5-14(22)15(10-28)31-19-17-13(21)8-23-18(17)26-20(27-19)25-11-7-24-29(9-11)12-3-4-12/h2*2,7-9,12,14-15H,1,3-6,10H2,(H2,23,25,26,27)/t2*14-,15-/m10/s1. The van der Waals surface area contributed by atoms with Crippen LogP contribution < -0.4 is 20.1 Å². The van der Waals surface area contributed by atoms with E-state index in [0.717, 1.165) is 37.1 Å². The molecule has 324 valence electrons. The van der Waals surface area contributed by atoms with E-state index in [4.69, 9.17) is 32.7 Å². The molecule has 2 saturated carbocycles. The maximum atomic E-state index is 14.6. The van der Waals surface area contributed by atoms with Crippen molar-refractivity contribution in [2.45, 2.75) is 75.2 Å². The Morgan fingerprint density at radius 3 is 1.50 bits per heavy atom. The minimum Gasteiger partial charge on any atom is -0.469 e. The topological polar surface area (TPSA) is 202 Å². The van der Waals surface area contributed by atoms with Gasteiger partial charge in [0.25, 0.3) is 0 Å². The number of carbonyl (C=O) groups is 2. The van der Waals surface area contributed by atoms with E-state index in [1.54, 1.807) is 24.8 Å². The number of piperidine rings is 2. The molecule has 0 bridgehead atoms. The molecule has 4 atom stereocenters. The van der Waals surface area contributed by atoms with Crippen molar-refractivity contribution in [3.63, 3.8) is 0 Å². The molecule has 4 aliphatic rings. The lowest BCUT2D eigenvalue weighted by Crippen LogP contribution is -2.49. The number of hydrogen-bond acceptors (Lipinski definition) is 12. The number of amides is 2. The molecule has 10 rings (SSSR count). The summed E-state index contributed by atoms with van der Waals surface area (Å²) in [6.07, 6.45) is 13.3. The predicted molar refractivity (Wildman–Crippen MR) is 227 cm³/mol. The van der Waals surface area contributed by atoms with Crippen molar-refractivity contribution in [2.75, 3.05) is 36.8 Å². The first kappa shape index (κ1) is 41.1. The molecule has 6 aromatic heterocycles. The molecular weight excluding hydrogens is 849 g/mol. The number of hydrogen-bond donors (Lipinski definition) is 4. The van der Waals surface area contributed by atoms with Crippen molar-refractivity contribution in [2.24, 2.45) is 0 Å². The minimum atomic E-state index is -1.25. The highest BCUT2D eigenvalue weighted by molar-refractivity contribution is 6.36. The van der Waals surface area contributed by atoms with Crippen LogP contribution >= 0.6 is 23.2 Å². The Balaban J connectivity index is 0.000000158. The van der Waals surface area contributed by atoms with Gasteiger partial charge in [-0.2, -0.15) is 30.1 Å². The highest BCUT2D eigenvalue weighted by Crippen LogP contribution is 2.38. The van der Waals surface area contributed by atoms with Crippen LogP contribution in [0.25, 0.3) is 22.1 Å². The van der Waals surface area contributed by atoms with Crippen LogP contribution in [0.3, 0.4) is 0 Å². The number of ether oxygens (including phenoxy) is 2. The van der Waals surface area contributed by atoms with Crippen LogP contribution in [0.1, 0.15) is 50.6 Å². The quantitative estimate of drug-likeness (QED) is 0.0940. The van der Waals surface area contributed by atoms with Gasteiger partial charge in [-0.15, -0.1) is 0 Å². The highest BCUT2D eigenvalue weighted by Gasteiger charge is 2.35. The Morgan fingerprint density at radius 2 is 1.11 bits per heavy atom. The fraction of sp³-hybridized carbons (Fsp3) is 0.400. The summed E-state index contributed by atoms with van der Waals surface area (Å²) in [5.74, 6) is 0.303. The lowest BCUT2D eigenvalue weighted by Gasteiger charge is -2.34. The predicted octanol–water partition coefficient (Wildman–Crippen LogP) is 6.78. The summed E-state index contributed by atoms with van der Waals surface area (Å²) in [6, 6.07) is 0.906. The summed E-state index contributed by atoms with van der Waals surface area (Å²) < 4.78 is 45.0. The number of rotatable bonds is 12. The Morgan fingerprint density at radius 1 is 0.694 bits per heavy atom. The maximum absolute atomic E-state index is 14.6. The summed E-state index contributed by atoms with van der Waals surface area (Å²) >= 11 is 12.6. The van der Waals surface area contributed by atoms with E-state index in [1.165, 1.54) is 22.0 Å². The van der Waals surface area contributed by atoms with Gasteiger partial charge in [0.1, 0.15) is 35.8 Å². The summed E-state index contributed by atoms with van der Waals surface area (Å²) in [7, 11) is 0. The molecule has 0 aromatic carbocycles. The normalized spacial score (nSPS) is 21.3. The summed E-state index contributed by atoms with van der Waals surface area (Å²) in [5.41, 5.74) is 2.38. The van der Waals surface area contributed by atoms with Crippen LogP contribution in [-0.4, -0.2) is 122 Å². The number of alkyl halides is 2. The second-order valence-electron chi connectivity index (χ2n) is 15.5. The number of likely N-dealkylation sites (tertiary alicyclic amines) is 2. The van der Waals surface area contributed by atoms with Gasteiger partial charge in [-0.05, 0) is 50.7 Å². The first-order valence-corrected chi connectivity index (χ1v) is 20.9. The second kappa shape index (κ2) is 17.2. The molecule has 2 saturated heterocycles. The molecule has 6 aromatic rings. The first-order chi connectivity index (χ1) is 30.0. The average Bonchev–Trinajstić information content (AvgIpc) is 4.13. The number of nitrogens with one attached hydrogen (secondary N) is 4. The van der Waals surface area contributed by atoms with Crippen LogP contribution in [-0.2, 0) is 9.59 Å². The molecule has 2 aliphatic carbocycles. The van der Waals surface area contributed by atoms with E-state index in [-0.39, 0.29) is 61.4 Å². The largest absolute Gasteiger partial charge is 0.469 e. The zero-order valence-corrected chi connectivity index (χ0v) is 34.7. The zero-order chi connectivity index (χ0) is 43.1. The first-order valence-electron chi connectivity index (χ1n) is 20.2. The molecule has 2 amide bonds. The van der Waals surface area contributed by atoms with E-state index < -0.39 is 24.6 Å². The van der Waals surface area contributed by atoms with Gasteiger partial charge in [-0.1, -0.05) is 36.4 Å². The smallest absolute Gasteiger partial charge is 0.246 e. The molecule has 18 nitrogen and oxygen atoms in total. The van der Waals surface area contributed by atoms with Crippen molar-refractivity contribution in [1.82, 2.24) is 59.3 Å². The third kappa shape index (κ3) is 8.87. The van der Waals surface area contributed by atoms with E-state index in [9.17, 15) is 18.4 Å². The number of aromatic nitrogens is 10. The van der Waals surface area contributed by atoms with Gasteiger partial charge in [-0.25, -0.2) is 8.78 Å². The van der Waals surface area contributed by atoms with Gasteiger partial charge < -0.3 is 39.9 Å². The number of anilines is 4. The van der Waals surface area contributed by atoms with Crippen LogP contribution in [0, 0.1) is 0 Å². The van der Waals surface area contributed by atoms with E-state index in [1.807, 2.05) is 21.8 Å². The van der Waals surface area contributed by atoms with Gasteiger partial charge in [0.05, 0.1) is 69.8 Å². The fourth-order valence-corrected chi connectivity index (χ4v) is 7.74. The summed E-state index contributed by atoms with van der Waals surface area (Å²) in [6.45, 7) is 7.80. The van der Waals surface area contributed by atoms with E-state index in [0.29, 0.717) is 57.3 Å². The molecule has 0 spiro atoms. The second-order valence-corrected chi connectivity index (χ2v) is 16.3. The number of aromatic amines is 2. The van der Waals surface area contributed by atoms with E-state index >= 15 is 0 Å². The van der Waals surface area contributed by atoms with Crippen molar-refractivity contribution < 1.29 is 27.8 Å². The van der Waals surface area contributed by atoms with Crippen molar-refractivity contribution in [1.29, 1.82) is 0 Å². The Hall–Kier alpha value is -6.28. The monoisotopic (exact) mass is 890 g/mol. The van der Waals surface area contributed by atoms with E-state index in [2.05, 4.69) is 63.9 Å². The molecule has 4 N–H and O–H groups in total. The van der Waals surface area contributed by atoms with Crippen LogP contribution in [0.2, 0.25) is 10.0 Å². The van der Waals surface area contributed by atoms with Crippen LogP contribution in [0.5, 0.6) is 11.8 Å². The van der Waals surface area contributed by atoms with Gasteiger partial charge in [0.2, 0.25) is 35.5 Å². The minimum absolute atomic E-state index is 0.0937. The highest BCUT2D eigenvalue weighted by atomic mass is 35.5. The van der Waals surface area contributed by atoms with Gasteiger partial charge in [-0.3, -0.25) is 19.0 Å². The molecule has 22 heteroatoms. The van der Waals surface area contributed by atoms with Crippen molar-refractivity contribution in [3.8, 4) is 11.8 Å². The van der Waals surface area contributed by atoms with Gasteiger partial charge in [0.15, 0.2) is 0 Å². The third-order valence-corrected chi connectivity index (χ3v) is 11.5. The van der Waals surface area contributed by atoms with Gasteiger partial charge >= 0.3 is 0 Å². The number of halogens is 4. The number of fused-ring (bicyclic) bond motifs is 2. The molecule has 0 radical (unpaired) electrons. The van der Waals surface area contributed by atoms with Crippen LogP contribution in [0.15, 0.2) is 62.5 Å². The third-order valence-electron chi connectivity index (χ3n) is 10.9. The number of carbonyl (C=O) groups excluding carboxylic acids is 2. The van der Waals surface area contributed by atoms with Crippen molar-refractivity contribution in [3.05, 3.63) is 72.5 Å². The zero-order valence-electron chi connectivity index (χ0n) is 33.2. The Bertz CT molecular complexity index is 2460. The Labute approximate surface area is 362 Å². The molecule has 2 aliphatic heterocycles. The summed E-state index contributed by atoms with van der Waals surface area (Å²) in [4.78, 5) is 50.7. The molecule has 8 heterocycles. The number of nitrogens with zero attached hydrogens (tertiary/aromatic N) is 10. The molecule has 62 heavy (non-hydrogen) atoms. The average molecular weight is 892 g/mol. The lowest BCUT2D eigenvalue weighted by molar-refractivity contribution is -0.130. The van der Waals surface area contributed by atoms with Crippen LogP contribution in [0.4, 0.5) is 32.1 Å². The van der Waals surface area contributed by atoms with Gasteiger partial charge in [0, 0.05) is 37.9 Å². The lowest BCUT2D eigenvalue weighted by atomic mass is 10.1. The fourth-order valence-electron chi connectivity index (χ4n) is 7.29. The Kier molecular flexibility index (Phi) is 11.4. The molecule has 0 unspecified atom stereocenters.